The van der Waals surface area contributed by atoms with Crippen molar-refractivity contribution in [3.63, 3.8) is 0 Å². The molecule has 0 aliphatic rings. The smallest absolute Gasteiger partial charge is 0.152 e. The van der Waals surface area contributed by atoms with Gasteiger partial charge in [-0.3, -0.25) is 4.68 Å². The summed E-state index contributed by atoms with van der Waals surface area (Å²) in [6, 6.07) is 7.71. The number of benzene rings is 1. The lowest BCUT2D eigenvalue weighted by atomic mass is 10.2. The molecule has 0 spiro atoms. The number of aromatic nitrogens is 2. The molecule has 0 radical (unpaired) electrons. The third kappa shape index (κ3) is 2.11. The van der Waals surface area contributed by atoms with Crippen molar-refractivity contribution in [1.82, 2.24) is 9.78 Å². The first-order valence-electron chi connectivity index (χ1n) is 5.88. The second kappa shape index (κ2) is 5.00. The average Bonchev–Trinajstić information content (AvgIpc) is 2.66. The van der Waals surface area contributed by atoms with E-state index in [9.17, 15) is 0 Å². The Bertz CT molecular complexity index is 548. The minimum Gasteiger partial charge on any atom is -0.495 e. The highest BCUT2D eigenvalue weighted by atomic mass is 16.5. The van der Waals surface area contributed by atoms with Crippen LogP contribution < -0.4 is 15.8 Å². The molecule has 0 unspecified atom stereocenters. The lowest BCUT2D eigenvalue weighted by Crippen LogP contribution is -2.02. The molecule has 0 fully saturated rings. The molecule has 0 aliphatic heterocycles. The number of methoxy groups -OCH3 is 1. The first kappa shape index (κ1) is 12.3. The van der Waals surface area contributed by atoms with Gasteiger partial charge in [0.05, 0.1) is 24.2 Å². The molecular formula is C13H18N4O. The van der Waals surface area contributed by atoms with Crippen LogP contribution in [0.25, 0.3) is 0 Å². The molecule has 3 N–H and O–H groups in total. The minimum atomic E-state index is 0.686. The summed E-state index contributed by atoms with van der Waals surface area (Å²) in [5.74, 6) is 1.56. The van der Waals surface area contributed by atoms with E-state index in [-0.39, 0.29) is 0 Å². The summed E-state index contributed by atoms with van der Waals surface area (Å²) in [4.78, 5) is 0. The van der Waals surface area contributed by atoms with Crippen molar-refractivity contribution < 1.29 is 4.74 Å². The summed E-state index contributed by atoms with van der Waals surface area (Å²) in [5.41, 5.74) is 8.52. The van der Waals surface area contributed by atoms with Gasteiger partial charge in [0.15, 0.2) is 5.82 Å². The van der Waals surface area contributed by atoms with Gasteiger partial charge in [0.25, 0.3) is 0 Å². The van der Waals surface area contributed by atoms with Gasteiger partial charge in [0, 0.05) is 7.05 Å². The zero-order chi connectivity index (χ0) is 13.1. The SMILES string of the molecule is CCc1nn(C)c(Nc2ccccc2OC)c1N. The number of anilines is 3. The van der Waals surface area contributed by atoms with E-state index in [1.807, 2.05) is 38.2 Å². The second-order valence-corrected chi connectivity index (χ2v) is 4.01. The molecule has 2 aromatic rings. The van der Waals surface area contributed by atoms with Crippen molar-refractivity contribution >= 4 is 17.2 Å². The Morgan fingerprint density at radius 2 is 2.11 bits per heavy atom. The Morgan fingerprint density at radius 3 is 2.72 bits per heavy atom. The van der Waals surface area contributed by atoms with Crippen LogP contribution in [-0.2, 0) is 13.5 Å². The molecule has 2 rings (SSSR count). The van der Waals surface area contributed by atoms with Crippen molar-refractivity contribution in [3.8, 4) is 5.75 Å². The van der Waals surface area contributed by atoms with E-state index >= 15 is 0 Å². The number of nitrogens with zero attached hydrogens (tertiary/aromatic N) is 2. The van der Waals surface area contributed by atoms with Gasteiger partial charge in [0.2, 0.25) is 0 Å². The zero-order valence-electron chi connectivity index (χ0n) is 10.9. The van der Waals surface area contributed by atoms with Gasteiger partial charge in [-0.05, 0) is 18.6 Å². The van der Waals surface area contributed by atoms with E-state index < -0.39 is 0 Å². The van der Waals surface area contributed by atoms with Crippen LogP contribution in [0, 0.1) is 0 Å². The highest BCUT2D eigenvalue weighted by Gasteiger charge is 2.13. The van der Waals surface area contributed by atoms with Crippen LogP contribution in [0.3, 0.4) is 0 Å². The van der Waals surface area contributed by atoms with E-state index in [1.165, 1.54) is 0 Å². The molecule has 5 nitrogen and oxygen atoms in total. The highest BCUT2D eigenvalue weighted by Crippen LogP contribution is 2.30. The molecule has 96 valence electrons. The van der Waals surface area contributed by atoms with Crippen molar-refractivity contribution in [2.24, 2.45) is 7.05 Å². The van der Waals surface area contributed by atoms with Crippen molar-refractivity contribution in [2.45, 2.75) is 13.3 Å². The van der Waals surface area contributed by atoms with Crippen LogP contribution >= 0.6 is 0 Å². The Morgan fingerprint density at radius 1 is 1.39 bits per heavy atom. The molecule has 0 atom stereocenters. The van der Waals surface area contributed by atoms with Gasteiger partial charge < -0.3 is 15.8 Å². The summed E-state index contributed by atoms with van der Waals surface area (Å²) in [6.45, 7) is 2.03. The highest BCUT2D eigenvalue weighted by molar-refractivity contribution is 5.74. The number of hydrogen-bond acceptors (Lipinski definition) is 4. The maximum absolute atomic E-state index is 6.07. The molecule has 0 bridgehead atoms. The number of aryl methyl sites for hydroxylation is 2. The molecule has 1 aromatic carbocycles. The quantitative estimate of drug-likeness (QED) is 0.869. The largest absolute Gasteiger partial charge is 0.495 e. The fraction of sp³-hybridized carbons (Fsp3) is 0.308. The molecule has 5 heteroatoms. The van der Waals surface area contributed by atoms with Crippen molar-refractivity contribution in [2.75, 3.05) is 18.2 Å². The lowest BCUT2D eigenvalue weighted by Gasteiger charge is -2.11. The number of nitrogens with one attached hydrogen (secondary N) is 1. The molecular weight excluding hydrogens is 228 g/mol. The van der Waals surface area contributed by atoms with Gasteiger partial charge in [-0.1, -0.05) is 19.1 Å². The number of nitrogen functional groups attached to an aromatic ring is 1. The first-order chi connectivity index (χ1) is 8.67. The first-order valence-corrected chi connectivity index (χ1v) is 5.88. The number of rotatable bonds is 4. The predicted molar refractivity (Wildman–Crippen MR) is 73.3 cm³/mol. The zero-order valence-corrected chi connectivity index (χ0v) is 10.9. The van der Waals surface area contributed by atoms with Gasteiger partial charge in [-0.2, -0.15) is 5.10 Å². The van der Waals surface area contributed by atoms with Gasteiger partial charge in [0.1, 0.15) is 5.75 Å². The maximum Gasteiger partial charge on any atom is 0.152 e. The summed E-state index contributed by atoms with van der Waals surface area (Å²) in [6.07, 6.45) is 0.813. The number of hydrogen-bond donors (Lipinski definition) is 2. The summed E-state index contributed by atoms with van der Waals surface area (Å²) < 4.78 is 7.05. The van der Waals surface area contributed by atoms with E-state index in [4.69, 9.17) is 10.5 Å². The van der Waals surface area contributed by atoms with Crippen LogP contribution in [0.15, 0.2) is 24.3 Å². The normalized spacial score (nSPS) is 10.4. The fourth-order valence-corrected chi connectivity index (χ4v) is 1.88. The van der Waals surface area contributed by atoms with E-state index in [1.54, 1.807) is 11.8 Å². The molecule has 0 saturated heterocycles. The Hall–Kier alpha value is -2.17. The average molecular weight is 246 g/mol. The van der Waals surface area contributed by atoms with Crippen LogP contribution in [0.2, 0.25) is 0 Å². The molecule has 0 amide bonds. The molecule has 0 aliphatic carbocycles. The van der Waals surface area contributed by atoms with Crippen LogP contribution in [0.4, 0.5) is 17.2 Å². The standard InChI is InChI=1S/C13H18N4O/c1-4-9-12(14)13(17(2)16-9)15-10-7-5-6-8-11(10)18-3/h5-8,15H,4,14H2,1-3H3. The van der Waals surface area contributed by atoms with Gasteiger partial charge >= 0.3 is 0 Å². The molecule has 1 aromatic heterocycles. The molecule has 18 heavy (non-hydrogen) atoms. The Labute approximate surface area is 107 Å². The van der Waals surface area contributed by atoms with Gasteiger partial charge in [-0.25, -0.2) is 0 Å². The summed E-state index contributed by atoms with van der Waals surface area (Å²) in [7, 11) is 3.51. The minimum absolute atomic E-state index is 0.686. The third-order valence-corrected chi connectivity index (χ3v) is 2.86. The molecule has 1 heterocycles. The maximum atomic E-state index is 6.07. The topological polar surface area (TPSA) is 65.1 Å². The van der Waals surface area contributed by atoms with Gasteiger partial charge in [-0.15, -0.1) is 0 Å². The van der Waals surface area contributed by atoms with E-state index in [0.29, 0.717) is 5.69 Å². The number of nitrogens with two attached hydrogens (primary N) is 1. The van der Waals surface area contributed by atoms with Crippen LogP contribution in [0.5, 0.6) is 5.75 Å². The van der Waals surface area contributed by atoms with E-state index in [2.05, 4.69) is 10.4 Å². The third-order valence-electron chi connectivity index (χ3n) is 2.86. The van der Waals surface area contributed by atoms with Crippen LogP contribution in [-0.4, -0.2) is 16.9 Å². The van der Waals surface area contributed by atoms with Crippen LogP contribution in [0.1, 0.15) is 12.6 Å². The number of para-hydroxylation sites is 2. The summed E-state index contributed by atoms with van der Waals surface area (Å²) >= 11 is 0. The number of ether oxygens (including phenoxy) is 1. The predicted octanol–water partition coefficient (Wildman–Crippen LogP) is 2.32. The fourth-order valence-electron chi connectivity index (χ4n) is 1.88. The Balaban J connectivity index is 2.37. The van der Waals surface area contributed by atoms with E-state index in [0.717, 1.165) is 29.4 Å². The summed E-state index contributed by atoms with van der Waals surface area (Å²) in [5, 5.41) is 7.63. The second-order valence-electron chi connectivity index (χ2n) is 4.01. The van der Waals surface area contributed by atoms with Crippen molar-refractivity contribution in [3.05, 3.63) is 30.0 Å². The van der Waals surface area contributed by atoms with Crippen molar-refractivity contribution in [1.29, 1.82) is 0 Å². The molecule has 0 saturated carbocycles. The lowest BCUT2D eigenvalue weighted by molar-refractivity contribution is 0.417. The Kier molecular flexibility index (Phi) is 3.41. The monoisotopic (exact) mass is 246 g/mol.